The molecule has 5 heteroatoms. The molecule has 0 radical (unpaired) electrons. The minimum Gasteiger partial charge on any atom is -0.397 e. The van der Waals surface area contributed by atoms with Crippen molar-refractivity contribution in [1.29, 1.82) is 0 Å². The van der Waals surface area contributed by atoms with E-state index in [0.717, 1.165) is 5.69 Å². The number of nitrogen functional groups attached to an aromatic ring is 1. The summed E-state index contributed by atoms with van der Waals surface area (Å²) >= 11 is 0. The number of likely N-dealkylation sites (N-methyl/N-ethyl adjacent to an activating group) is 1. The van der Waals surface area contributed by atoms with E-state index in [2.05, 4.69) is 9.97 Å². The topological polar surface area (TPSA) is 72.1 Å². The van der Waals surface area contributed by atoms with E-state index in [9.17, 15) is 4.79 Å². The van der Waals surface area contributed by atoms with Gasteiger partial charge in [-0.2, -0.15) is 0 Å². The van der Waals surface area contributed by atoms with E-state index in [1.54, 1.807) is 35.6 Å². The highest BCUT2D eigenvalue weighted by atomic mass is 16.2. The number of aromatic nitrogens is 2. The van der Waals surface area contributed by atoms with Crippen LogP contribution in [0.1, 0.15) is 12.6 Å². The quantitative estimate of drug-likeness (QED) is 0.902. The van der Waals surface area contributed by atoms with Crippen molar-refractivity contribution in [3.05, 3.63) is 48.5 Å². The summed E-state index contributed by atoms with van der Waals surface area (Å²) in [5.74, 6) is 0.00553. The second kappa shape index (κ2) is 5.95. The Bertz CT molecular complexity index is 539. The van der Waals surface area contributed by atoms with Gasteiger partial charge >= 0.3 is 0 Å². The number of amides is 1. The molecule has 0 unspecified atom stereocenters. The summed E-state index contributed by atoms with van der Waals surface area (Å²) in [6.45, 7) is 2.55. The fourth-order valence-corrected chi connectivity index (χ4v) is 1.82. The number of nitrogens with zero attached hydrogens (tertiary/aromatic N) is 3. The van der Waals surface area contributed by atoms with Crippen LogP contribution in [0.5, 0.6) is 0 Å². The predicted molar refractivity (Wildman–Crippen MR) is 74.6 cm³/mol. The van der Waals surface area contributed by atoms with Crippen molar-refractivity contribution in [2.75, 3.05) is 17.2 Å². The van der Waals surface area contributed by atoms with Gasteiger partial charge in [0.15, 0.2) is 0 Å². The van der Waals surface area contributed by atoms with Crippen molar-refractivity contribution in [3.63, 3.8) is 0 Å². The van der Waals surface area contributed by atoms with Crippen LogP contribution in [0, 0.1) is 0 Å². The third kappa shape index (κ3) is 3.28. The first kappa shape index (κ1) is 13.0. The van der Waals surface area contributed by atoms with E-state index in [1.807, 2.05) is 19.1 Å². The molecule has 0 aliphatic carbocycles. The van der Waals surface area contributed by atoms with Crippen molar-refractivity contribution in [2.24, 2.45) is 0 Å². The van der Waals surface area contributed by atoms with Gasteiger partial charge < -0.3 is 10.6 Å². The molecule has 5 nitrogen and oxygen atoms in total. The number of hydrogen-bond acceptors (Lipinski definition) is 4. The summed E-state index contributed by atoms with van der Waals surface area (Å²) in [7, 11) is 0. The monoisotopic (exact) mass is 256 g/mol. The van der Waals surface area contributed by atoms with Crippen molar-refractivity contribution in [1.82, 2.24) is 9.97 Å². The standard InChI is InChI=1S/C14H16N4O/c1-2-18(13-5-7-16-8-6-13)14(19)9-12-4-3-11(15)10-17-12/h3-8,10H,2,9,15H2,1H3. The molecule has 0 saturated carbocycles. The molecular weight excluding hydrogens is 240 g/mol. The fourth-order valence-electron chi connectivity index (χ4n) is 1.82. The van der Waals surface area contributed by atoms with Crippen molar-refractivity contribution >= 4 is 17.3 Å². The van der Waals surface area contributed by atoms with Gasteiger partial charge in [0.25, 0.3) is 0 Å². The van der Waals surface area contributed by atoms with Gasteiger partial charge in [-0.25, -0.2) is 0 Å². The number of nitrogens with two attached hydrogens (primary N) is 1. The van der Waals surface area contributed by atoms with E-state index in [4.69, 9.17) is 5.73 Å². The summed E-state index contributed by atoms with van der Waals surface area (Å²) in [6, 6.07) is 7.15. The van der Waals surface area contributed by atoms with E-state index >= 15 is 0 Å². The molecule has 2 aromatic heterocycles. The van der Waals surface area contributed by atoms with Gasteiger partial charge in [-0.1, -0.05) is 0 Å². The first-order valence-corrected chi connectivity index (χ1v) is 6.11. The number of anilines is 2. The lowest BCUT2D eigenvalue weighted by Crippen LogP contribution is -2.32. The van der Waals surface area contributed by atoms with E-state index in [0.29, 0.717) is 17.9 Å². The van der Waals surface area contributed by atoms with Crippen LogP contribution in [0.25, 0.3) is 0 Å². The van der Waals surface area contributed by atoms with E-state index in [1.165, 1.54) is 0 Å². The van der Waals surface area contributed by atoms with Gasteiger partial charge in [0.1, 0.15) is 0 Å². The number of carbonyl (C=O) groups excluding carboxylic acids is 1. The molecule has 1 amide bonds. The van der Waals surface area contributed by atoms with Crippen molar-refractivity contribution in [2.45, 2.75) is 13.3 Å². The maximum absolute atomic E-state index is 12.3. The molecule has 2 N–H and O–H groups in total. The molecule has 0 fully saturated rings. The summed E-state index contributed by atoms with van der Waals surface area (Å²) < 4.78 is 0. The Hall–Kier alpha value is -2.43. The van der Waals surface area contributed by atoms with E-state index < -0.39 is 0 Å². The Morgan fingerprint density at radius 3 is 2.58 bits per heavy atom. The summed E-state index contributed by atoms with van der Waals surface area (Å²) in [4.78, 5) is 22.1. The second-order valence-corrected chi connectivity index (χ2v) is 4.10. The molecule has 0 spiro atoms. The molecule has 0 atom stereocenters. The third-order valence-electron chi connectivity index (χ3n) is 2.77. The smallest absolute Gasteiger partial charge is 0.232 e. The number of hydrogen-bond donors (Lipinski definition) is 1. The summed E-state index contributed by atoms with van der Waals surface area (Å²) in [6.07, 6.45) is 5.17. The Balaban J connectivity index is 2.11. The van der Waals surface area contributed by atoms with Crippen LogP contribution in [-0.4, -0.2) is 22.4 Å². The Labute approximate surface area is 112 Å². The molecule has 98 valence electrons. The van der Waals surface area contributed by atoms with Gasteiger partial charge in [0.2, 0.25) is 5.91 Å². The average molecular weight is 256 g/mol. The van der Waals surface area contributed by atoms with Crippen molar-refractivity contribution < 1.29 is 4.79 Å². The Morgan fingerprint density at radius 2 is 2.00 bits per heavy atom. The lowest BCUT2D eigenvalue weighted by atomic mass is 10.2. The molecule has 0 aliphatic rings. The molecule has 0 saturated heterocycles. The first-order valence-electron chi connectivity index (χ1n) is 6.11. The first-order chi connectivity index (χ1) is 9.20. The van der Waals surface area contributed by atoms with Gasteiger partial charge in [-0.3, -0.25) is 14.8 Å². The molecule has 2 heterocycles. The van der Waals surface area contributed by atoms with Crippen LogP contribution >= 0.6 is 0 Å². The molecule has 19 heavy (non-hydrogen) atoms. The Kier molecular flexibility index (Phi) is 4.07. The zero-order valence-corrected chi connectivity index (χ0v) is 10.8. The maximum Gasteiger partial charge on any atom is 0.232 e. The molecule has 0 bridgehead atoms. The molecule has 2 aromatic rings. The van der Waals surface area contributed by atoms with Gasteiger partial charge in [-0.15, -0.1) is 0 Å². The molecule has 2 rings (SSSR count). The largest absolute Gasteiger partial charge is 0.397 e. The normalized spacial score (nSPS) is 10.2. The zero-order chi connectivity index (χ0) is 13.7. The van der Waals surface area contributed by atoms with Gasteiger partial charge in [0, 0.05) is 30.3 Å². The lowest BCUT2D eigenvalue weighted by Gasteiger charge is -2.20. The highest BCUT2D eigenvalue weighted by Gasteiger charge is 2.14. The molecule has 0 aromatic carbocycles. The van der Waals surface area contributed by atoms with Crippen LogP contribution in [-0.2, 0) is 11.2 Å². The van der Waals surface area contributed by atoms with Gasteiger partial charge in [0.05, 0.1) is 18.3 Å². The SMILES string of the molecule is CCN(C(=O)Cc1ccc(N)cn1)c1ccncc1. The summed E-state index contributed by atoms with van der Waals surface area (Å²) in [5, 5.41) is 0. The number of pyridine rings is 2. The van der Waals surface area contributed by atoms with Crippen LogP contribution in [0.2, 0.25) is 0 Å². The van der Waals surface area contributed by atoms with Crippen LogP contribution in [0.3, 0.4) is 0 Å². The fraction of sp³-hybridized carbons (Fsp3) is 0.214. The van der Waals surface area contributed by atoms with E-state index in [-0.39, 0.29) is 12.3 Å². The minimum atomic E-state index is 0.00553. The third-order valence-corrected chi connectivity index (χ3v) is 2.77. The lowest BCUT2D eigenvalue weighted by molar-refractivity contribution is -0.118. The van der Waals surface area contributed by atoms with Crippen LogP contribution < -0.4 is 10.6 Å². The Morgan fingerprint density at radius 1 is 1.26 bits per heavy atom. The zero-order valence-electron chi connectivity index (χ0n) is 10.8. The maximum atomic E-state index is 12.3. The minimum absolute atomic E-state index is 0.00553. The average Bonchev–Trinajstić information content (AvgIpc) is 2.43. The predicted octanol–water partition coefficient (Wildman–Crippen LogP) is 1.65. The second-order valence-electron chi connectivity index (χ2n) is 4.10. The van der Waals surface area contributed by atoms with Gasteiger partial charge in [-0.05, 0) is 31.2 Å². The van der Waals surface area contributed by atoms with Crippen molar-refractivity contribution in [3.8, 4) is 0 Å². The highest BCUT2D eigenvalue weighted by molar-refractivity contribution is 5.94. The number of rotatable bonds is 4. The molecular formula is C14H16N4O. The highest BCUT2D eigenvalue weighted by Crippen LogP contribution is 2.13. The molecule has 0 aliphatic heterocycles. The summed E-state index contributed by atoms with van der Waals surface area (Å²) in [5.41, 5.74) is 7.72. The van der Waals surface area contributed by atoms with Crippen LogP contribution in [0.15, 0.2) is 42.9 Å². The van der Waals surface area contributed by atoms with Crippen LogP contribution in [0.4, 0.5) is 11.4 Å². The number of carbonyl (C=O) groups is 1.